The second-order valence-corrected chi connectivity index (χ2v) is 6.35. The number of phenols is 1. The molecule has 4 nitrogen and oxygen atoms in total. The normalized spacial score (nSPS) is 34.9. The molecule has 0 aliphatic carbocycles. The lowest BCUT2D eigenvalue weighted by Crippen LogP contribution is -2.68. The second kappa shape index (κ2) is 4.42. The van der Waals surface area contributed by atoms with Gasteiger partial charge in [0.25, 0.3) is 0 Å². The number of carbonyl (C=O) groups excluding carboxylic acids is 2. The van der Waals surface area contributed by atoms with Gasteiger partial charge >= 0.3 is 5.91 Å². The van der Waals surface area contributed by atoms with Gasteiger partial charge in [0.15, 0.2) is 12.3 Å². The van der Waals surface area contributed by atoms with Crippen LogP contribution in [0.5, 0.6) is 5.75 Å². The first-order valence-corrected chi connectivity index (χ1v) is 7.15. The number of benzene rings is 1. The molecule has 3 heterocycles. The Balaban J connectivity index is 1.95. The van der Waals surface area contributed by atoms with Crippen molar-refractivity contribution in [2.24, 2.45) is 11.8 Å². The minimum Gasteiger partial charge on any atom is -0.508 e. The van der Waals surface area contributed by atoms with E-state index in [1.807, 2.05) is 26.0 Å². The average molecular weight is 274 g/mol. The summed E-state index contributed by atoms with van der Waals surface area (Å²) >= 11 is 0. The standard InChI is InChI=1S/C16H19NO3/c1-10(2)16(20)17-7-12(13(8-17)14(17)9-18)11-5-3-4-6-15(11)19/h3-6,9-10,12-14H,7-8H2,1-2H3/p+1/t12-,13-,14?,17?/m0/s1. The predicted octanol–water partition coefficient (Wildman–Crippen LogP) is 1.69. The molecule has 0 saturated carbocycles. The van der Waals surface area contributed by atoms with Gasteiger partial charge in [-0.15, -0.1) is 0 Å². The molecule has 20 heavy (non-hydrogen) atoms. The Labute approximate surface area is 118 Å². The largest absolute Gasteiger partial charge is 0.508 e. The van der Waals surface area contributed by atoms with Gasteiger partial charge in [-0.2, -0.15) is 0 Å². The molecule has 1 amide bonds. The second-order valence-electron chi connectivity index (χ2n) is 6.35. The zero-order valence-corrected chi connectivity index (χ0v) is 11.8. The van der Waals surface area contributed by atoms with Gasteiger partial charge in [-0.05, 0) is 19.9 Å². The van der Waals surface area contributed by atoms with Crippen molar-refractivity contribution < 1.29 is 19.2 Å². The van der Waals surface area contributed by atoms with Crippen molar-refractivity contribution in [3.63, 3.8) is 0 Å². The van der Waals surface area contributed by atoms with Crippen LogP contribution in [0.25, 0.3) is 0 Å². The average Bonchev–Trinajstić information content (AvgIpc) is 2.93. The lowest BCUT2D eigenvalue weighted by atomic mass is 9.81. The van der Waals surface area contributed by atoms with Gasteiger partial charge in [-0.1, -0.05) is 18.2 Å². The van der Waals surface area contributed by atoms with Gasteiger partial charge in [-0.25, -0.2) is 4.79 Å². The predicted molar refractivity (Wildman–Crippen MR) is 74.0 cm³/mol. The molecular weight excluding hydrogens is 254 g/mol. The third-order valence-electron chi connectivity index (χ3n) is 4.99. The molecule has 0 aromatic heterocycles. The number of carbonyl (C=O) groups is 2. The Morgan fingerprint density at radius 2 is 2.05 bits per heavy atom. The molecule has 0 spiro atoms. The topological polar surface area (TPSA) is 54.4 Å². The summed E-state index contributed by atoms with van der Waals surface area (Å²) in [6.45, 7) is 5.15. The molecule has 1 N–H and O–H groups in total. The highest BCUT2D eigenvalue weighted by Gasteiger charge is 2.69. The number of hydrogen-bond donors (Lipinski definition) is 1. The third-order valence-corrected chi connectivity index (χ3v) is 4.99. The molecule has 2 bridgehead atoms. The molecule has 106 valence electrons. The van der Waals surface area contributed by atoms with Crippen molar-refractivity contribution >= 4 is 12.2 Å². The van der Waals surface area contributed by atoms with Crippen LogP contribution in [0.4, 0.5) is 0 Å². The smallest absolute Gasteiger partial charge is 0.316 e. The Morgan fingerprint density at radius 1 is 1.35 bits per heavy atom. The number of fused-ring (bicyclic) bond motifs is 1. The fourth-order valence-electron chi connectivity index (χ4n) is 4.07. The van der Waals surface area contributed by atoms with Crippen LogP contribution in [-0.4, -0.2) is 40.9 Å². The Bertz CT molecular complexity index is 569. The highest BCUT2D eigenvalue weighted by atomic mass is 16.3. The van der Waals surface area contributed by atoms with Crippen LogP contribution in [-0.2, 0) is 9.59 Å². The molecule has 3 saturated heterocycles. The zero-order valence-electron chi connectivity index (χ0n) is 11.8. The van der Waals surface area contributed by atoms with Crippen LogP contribution in [0, 0.1) is 11.8 Å². The fourth-order valence-corrected chi connectivity index (χ4v) is 4.07. The van der Waals surface area contributed by atoms with E-state index < -0.39 is 0 Å². The van der Waals surface area contributed by atoms with Gasteiger partial charge < -0.3 is 5.11 Å². The number of nitrogens with zero attached hydrogens (tertiary/aromatic N) is 1. The third kappa shape index (κ3) is 1.57. The van der Waals surface area contributed by atoms with E-state index in [2.05, 4.69) is 0 Å². The summed E-state index contributed by atoms with van der Waals surface area (Å²) in [5.74, 6) is 0.640. The minimum absolute atomic E-state index is 0.0680. The van der Waals surface area contributed by atoms with Crippen LogP contribution in [0.15, 0.2) is 24.3 Å². The number of rotatable bonds is 3. The molecule has 3 fully saturated rings. The van der Waals surface area contributed by atoms with Gasteiger partial charge in [-0.3, -0.25) is 9.28 Å². The first kappa shape index (κ1) is 13.3. The number of amides is 1. The summed E-state index contributed by atoms with van der Waals surface area (Å²) < 4.78 is 0.283. The first-order valence-electron chi connectivity index (χ1n) is 7.15. The van der Waals surface area contributed by atoms with E-state index in [9.17, 15) is 14.7 Å². The highest BCUT2D eigenvalue weighted by molar-refractivity contribution is 5.76. The van der Waals surface area contributed by atoms with Gasteiger partial charge in [0.1, 0.15) is 5.75 Å². The summed E-state index contributed by atoms with van der Waals surface area (Å²) in [5, 5.41) is 10.0. The van der Waals surface area contributed by atoms with E-state index in [1.165, 1.54) is 0 Å². The lowest BCUT2D eigenvalue weighted by molar-refractivity contribution is -0.895. The minimum atomic E-state index is -0.227. The molecule has 3 aliphatic heterocycles. The van der Waals surface area contributed by atoms with Crippen LogP contribution in [0.1, 0.15) is 25.3 Å². The summed E-state index contributed by atoms with van der Waals surface area (Å²) in [4.78, 5) is 23.9. The van der Waals surface area contributed by atoms with E-state index in [0.717, 1.165) is 18.4 Å². The molecule has 3 aliphatic rings. The van der Waals surface area contributed by atoms with Crippen molar-refractivity contribution in [3.05, 3.63) is 29.8 Å². The fraction of sp³-hybridized carbons (Fsp3) is 0.500. The Morgan fingerprint density at radius 3 is 2.65 bits per heavy atom. The van der Waals surface area contributed by atoms with E-state index in [0.29, 0.717) is 6.54 Å². The molecular formula is C16H20NO3+. The van der Waals surface area contributed by atoms with Crippen molar-refractivity contribution in [1.29, 1.82) is 0 Å². The highest BCUT2D eigenvalue weighted by Crippen LogP contribution is 2.53. The van der Waals surface area contributed by atoms with Crippen LogP contribution in [0.3, 0.4) is 0 Å². The van der Waals surface area contributed by atoms with Crippen LogP contribution < -0.4 is 0 Å². The SMILES string of the molecule is CC(C)C(=O)[N+]12C[C@H](C1C=O)[C@H](c1ccccc1O)C2. The Hall–Kier alpha value is -1.68. The van der Waals surface area contributed by atoms with Gasteiger partial charge in [0.2, 0.25) is 0 Å². The molecule has 1 aromatic rings. The maximum Gasteiger partial charge on any atom is 0.316 e. The van der Waals surface area contributed by atoms with Crippen LogP contribution >= 0.6 is 0 Å². The summed E-state index contributed by atoms with van der Waals surface area (Å²) in [7, 11) is 0. The number of quaternary nitrogens is 1. The molecule has 0 radical (unpaired) electrons. The number of aromatic hydroxyl groups is 1. The number of para-hydroxylation sites is 1. The number of phenolic OH excluding ortho intramolecular Hbond substituents is 1. The van der Waals surface area contributed by atoms with Gasteiger partial charge in [0, 0.05) is 5.56 Å². The van der Waals surface area contributed by atoms with Crippen molar-refractivity contribution in [1.82, 2.24) is 0 Å². The number of aldehydes is 1. The first-order chi connectivity index (χ1) is 9.51. The van der Waals surface area contributed by atoms with Crippen molar-refractivity contribution in [2.45, 2.75) is 25.8 Å². The maximum absolute atomic E-state index is 12.5. The number of hydrogen-bond acceptors (Lipinski definition) is 3. The summed E-state index contributed by atoms with van der Waals surface area (Å²) in [6, 6.07) is 7.03. The van der Waals surface area contributed by atoms with Crippen molar-refractivity contribution in [3.8, 4) is 5.75 Å². The maximum atomic E-state index is 12.5. The molecule has 4 rings (SSSR count). The quantitative estimate of drug-likeness (QED) is 0.674. The Kier molecular flexibility index (Phi) is 2.94. The van der Waals surface area contributed by atoms with Gasteiger partial charge in [0.05, 0.1) is 30.8 Å². The summed E-state index contributed by atoms with van der Waals surface area (Å²) in [6.07, 6.45) is 0.939. The molecule has 4 atom stereocenters. The zero-order chi connectivity index (χ0) is 14.5. The molecule has 4 heteroatoms. The van der Waals surface area contributed by atoms with Crippen molar-refractivity contribution in [2.75, 3.05) is 13.1 Å². The van der Waals surface area contributed by atoms with E-state index in [-0.39, 0.29) is 39.9 Å². The van der Waals surface area contributed by atoms with E-state index in [1.54, 1.807) is 12.1 Å². The van der Waals surface area contributed by atoms with E-state index in [4.69, 9.17) is 0 Å². The molecule has 1 aromatic carbocycles. The monoisotopic (exact) mass is 274 g/mol. The lowest BCUT2D eigenvalue weighted by Gasteiger charge is -2.45. The van der Waals surface area contributed by atoms with E-state index >= 15 is 0 Å². The molecule has 2 unspecified atom stereocenters. The summed E-state index contributed by atoms with van der Waals surface area (Å²) in [5.41, 5.74) is 0.874. The van der Waals surface area contributed by atoms with Crippen LogP contribution in [0.2, 0.25) is 0 Å².